The second-order valence-corrected chi connectivity index (χ2v) is 6.12. The molecule has 0 aliphatic rings. The molecule has 1 N–H and O–H groups in total. The average Bonchev–Trinajstić information content (AvgIpc) is 3.30. The fourth-order valence-corrected chi connectivity index (χ4v) is 3.22. The number of aromatic nitrogens is 4. The normalized spacial score (nSPS) is 10.9. The number of ketones is 1. The Labute approximate surface area is 146 Å². The largest absolute Gasteiger partial charge is 0.507 e. The lowest BCUT2D eigenvalue weighted by molar-refractivity contribution is 0.103. The summed E-state index contributed by atoms with van der Waals surface area (Å²) in [5, 5.41) is 17.0. The zero-order valence-electron chi connectivity index (χ0n) is 13.1. The van der Waals surface area contributed by atoms with Gasteiger partial charge in [0, 0.05) is 6.20 Å². The molecule has 3 aromatic heterocycles. The van der Waals surface area contributed by atoms with Gasteiger partial charge in [-0.3, -0.25) is 4.79 Å². The third kappa shape index (κ3) is 2.62. The Morgan fingerprint density at radius 3 is 3.00 bits per heavy atom. The predicted molar refractivity (Wildman–Crippen MR) is 92.6 cm³/mol. The third-order valence-corrected chi connectivity index (χ3v) is 4.57. The van der Waals surface area contributed by atoms with E-state index in [0.717, 1.165) is 10.2 Å². The molecule has 4 aromatic rings. The number of phenolic OH excluding ortho intramolecular Hbond substituents is 1. The first kappa shape index (κ1) is 15.3. The first-order valence-corrected chi connectivity index (χ1v) is 8.20. The van der Waals surface area contributed by atoms with Crippen molar-refractivity contribution in [2.24, 2.45) is 0 Å². The second kappa shape index (κ2) is 5.99. The highest BCUT2D eigenvalue weighted by atomic mass is 32.1. The first-order valence-electron chi connectivity index (χ1n) is 7.32. The van der Waals surface area contributed by atoms with Crippen LogP contribution in [-0.2, 0) is 0 Å². The van der Waals surface area contributed by atoms with E-state index in [-0.39, 0.29) is 17.1 Å². The van der Waals surface area contributed by atoms with E-state index in [1.807, 2.05) is 11.4 Å². The van der Waals surface area contributed by atoms with Crippen molar-refractivity contribution in [3.05, 3.63) is 59.5 Å². The zero-order valence-corrected chi connectivity index (χ0v) is 13.9. The Hall–Kier alpha value is -3.26. The van der Waals surface area contributed by atoms with Gasteiger partial charge in [-0.2, -0.15) is 5.10 Å². The van der Waals surface area contributed by atoms with Crippen LogP contribution in [0.4, 0.5) is 0 Å². The molecule has 0 saturated heterocycles. The second-order valence-electron chi connectivity index (χ2n) is 5.22. The molecule has 0 atom stereocenters. The van der Waals surface area contributed by atoms with Crippen LogP contribution >= 0.6 is 11.3 Å². The topological polar surface area (TPSA) is 90.1 Å². The number of hydrogen-bond donors (Lipinski definition) is 1. The van der Waals surface area contributed by atoms with E-state index < -0.39 is 0 Å². The lowest BCUT2D eigenvalue weighted by Gasteiger charge is -2.05. The summed E-state index contributed by atoms with van der Waals surface area (Å²) in [5.74, 6) is 0.628. The number of thiophene rings is 1. The van der Waals surface area contributed by atoms with E-state index in [0.29, 0.717) is 17.1 Å². The van der Waals surface area contributed by atoms with Crippen molar-refractivity contribution in [3.63, 3.8) is 0 Å². The fourth-order valence-electron chi connectivity index (χ4n) is 2.49. The molecule has 0 radical (unpaired) electrons. The van der Waals surface area contributed by atoms with Gasteiger partial charge in [0.1, 0.15) is 22.7 Å². The number of fused-ring (bicyclic) bond motifs is 1. The number of methoxy groups -OCH3 is 1. The molecule has 0 aliphatic carbocycles. The van der Waals surface area contributed by atoms with Crippen molar-refractivity contribution in [2.75, 3.05) is 7.11 Å². The maximum atomic E-state index is 12.7. The van der Waals surface area contributed by atoms with Gasteiger partial charge in [-0.25, -0.2) is 14.6 Å². The van der Waals surface area contributed by atoms with Crippen LogP contribution in [0.5, 0.6) is 11.5 Å². The fraction of sp³-hybridized carbons (Fsp3) is 0.0588. The number of ether oxygens (including phenoxy) is 1. The Bertz CT molecular complexity index is 1090. The highest BCUT2D eigenvalue weighted by Crippen LogP contribution is 2.26. The number of carbonyl (C=O) groups is 1. The quantitative estimate of drug-likeness (QED) is 0.568. The molecule has 3 heterocycles. The van der Waals surface area contributed by atoms with E-state index in [9.17, 15) is 9.90 Å². The van der Waals surface area contributed by atoms with Crippen LogP contribution in [0.1, 0.15) is 15.9 Å². The van der Waals surface area contributed by atoms with Crippen LogP contribution in [0, 0.1) is 0 Å². The van der Waals surface area contributed by atoms with Gasteiger partial charge in [-0.1, -0.05) is 0 Å². The molecule has 1 aromatic carbocycles. The Balaban J connectivity index is 1.74. The molecule has 25 heavy (non-hydrogen) atoms. The summed E-state index contributed by atoms with van der Waals surface area (Å²) in [6.07, 6.45) is 4.49. The molecule has 124 valence electrons. The first-order chi connectivity index (χ1) is 12.2. The molecular formula is C17H12N4O3S. The van der Waals surface area contributed by atoms with E-state index in [2.05, 4.69) is 15.1 Å². The molecule has 0 aliphatic heterocycles. The molecule has 7 nitrogen and oxygen atoms in total. The lowest BCUT2D eigenvalue weighted by Crippen LogP contribution is -2.02. The number of nitrogens with zero attached hydrogens (tertiary/aromatic N) is 4. The van der Waals surface area contributed by atoms with E-state index >= 15 is 0 Å². The molecule has 0 saturated carbocycles. The molecule has 0 fully saturated rings. The van der Waals surface area contributed by atoms with Crippen LogP contribution in [0.2, 0.25) is 0 Å². The third-order valence-electron chi connectivity index (χ3n) is 3.75. The molecule has 4 rings (SSSR count). The predicted octanol–water partition coefficient (Wildman–Crippen LogP) is 2.82. The lowest BCUT2D eigenvalue weighted by atomic mass is 10.1. The summed E-state index contributed by atoms with van der Waals surface area (Å²) in [7, 11) is 1.50. The summed E-state index contributed by atoms with van der Waals surface area (Å²) in [4.78, 5) is 22.0. The van der Waals surface area contributed by atoms with Gasteiger partial charge in [-0.15, -0.1) is 11.3 Å². The summed E-state index contributed by atoms with van der Waals surface area (Å²) in [6.45, 7) is 0. The summed E-state index contributed by atoms with van der Waals surface area (Å²) in [5.41, 5.74) is 0.493. The van der Waals surface area contributed by atoms with Crippen molar-refractivity contribution in [2.45, 2.75) is 0 Å². The minimum absolute atomic E-state index is 0.110. The van der Waals surface area contributed by atoms with Gasteiger partial charge in [0.25, 0.3) is 0 Å². The van der Waals surface area contributed by atoms with Crippen molar-refractivity contribution < 1.29 is 14.6 Å². The maximum Gasteiger partial charge on any atom is 0.200 e. The minimum atomic E-state index is -0.349. The van der Waals surface area contributed by atoms with Gasteiger partial charge in [0.2, 0.25) is 0 Å². The standard InChI is InChI=1S/C17H12N4O3S/c1-24-11-2-3-14(22)13(6-11)15(23)10-7-20-21(8-10)16-12-4-5-25-17(12)19-9-18-16/h2-9,22H,1H3. The molecule has 0 amide bonds. The highest BCUT2D eigenvalue weighted by Gasteiger charge is 2.18. The SMILES string of the molecule is COc1ccc(O)c(C(=O)c2cnn(-c3ncnc4sccc34)c2)c1. The van der Waals surface area contributed by atoms with Crippen LogP contribution in [0.15, 0.2) is 48.4 Å². The van der Waals surface area contributed by atoms with Gasteiger partial charge < -0.3 is 9.84 Å². The molecule has 0 spiro atoms. The van der Waals surface area contributed by atoms with Gasteiger partial charge in [-0.05, 0) is 29.6 Å². The Morgan fingerprint density at radius 2 is 2.16 bits per heavy atom. The minimum Gasteiger partial charge on any atom is -0.507 e. The van der Waals surface area contributed by atoms with E-state index in [4.69, 9.17) is 4.74 Å². The molecule has 8 heteroatoms. The van der Waals surface area contributed by atoms with E-state index in [1.54, 1.807) is 12.3 Å². The number of hydrogen-bond acceptors (Lipinski definition) is 7. The maximum absolute atomic E-state index is 12.7. The van der Waals surface area contributed by atoms with Crippen molar-refractivity contribution >= 4 is 27.3 Å². The highest BCUT2D eigenvalue weighted by molar-refractivity contribution is 7.16. The Morgan fingerprint density at radius 1 is 1.28 bits per heavy atom. The van der Waals surface area contributed by atoms with Crippen LogP contribution < -0.4 is 4.74 Å². The average molecular weight is 352 g/mol. The van der Waals surface area contributed by atoms with Crippen LogP contribution in [-0.4, -0.2) is 37.7 Å². The molecule has 0 unspecified atom stereocenters. The van der Waals surface area contributed by atoms with E-state index in [1.165, 1.54) is 47.8 Å². The smallest absolute Gasteiger partial charge is 0.200 e. The summed E-state index contributed by atoms with van der Waals surface area (Å²) >= 11 is 1.51. The number of phenols is 1. The molecular weight excluding hydrogens is 340 g/mol. The summed E-state index contributed by atoms with van der Waals surface area (Å²) < 4.78 is 6.64. The number of aromatic hydroxyl groups is 1. The zero-order chi connectivity index (χ0) is 17.4. The van der Waals surface area contributed by atoms with Crippen LogP contribution in [0.3, 0.4) is 0 Å². The van der Waals surface area contributed by atoms with Gasteiger partial charge in [0.15, 0.2) is 11.6 Å². The van der Waals surface area contributed by atoms with Crippen molar-refractivity contribution in [1.82, 2.24) is 19.7 Å². The van der Waals surface area contributed by atoms with Gasteiger partial charge in [0.05, 0.1) is 29.8 Å². The number of rotatable bonds is 4. The van der Waals surface area contributed by atoms with Gasteiger partial charge >= 0.3 is 0 Å². The van der Waals surface area contributed by atoms with Crippen molar-refractivity contribution in [1.29, 1.82) is 0 Å². The number of benzene rings is 1. The van der Waals surface area contributed by atoms with Crippen LogP contribution in [0.25, 0.3) is 16.0 Å². The monoisotopic (exact) mass is 352 g/mol. The molecule has 0 bridgehead atoms. The Kier molecular flexibility index (Phi) is 3.66. The summed E-state index contributed by atoms with van der Waals surface area (Å²) in [6, 6.07) is 6.42. The number of carbonyl (C=O) groups excluding carboxylic acids is 1. The van der Waals surface area contributed by atoms with Crippen molar-refractivity contribution in [3.8, 4) is 17.3 Å².